The predicted octanol–water partition coefficient (Wildman–Crippen LogP) is 2.01. The number of carbonyl (C=O) groups excluding carboxylic acids is 1. The molecule has 0 bridgehead atoms. The van der Waals surface area contributed by atoms with Gasteiger partial charge in [0.05, 0.1) is 12.2 Å². The van der Waals surface area contributed by atoms with Gasteiger partial charge in [0.15, 0.2) is 0 Å². The Morgan fingerprint density at radius 3 is 2.84 bits per heavy atom. The molecule has 1 amide bonds. The van der Waals surface area contributed by atoms with Crippen LogP contribution in [0.4, 0.5) is 0 Å². The quantitative estimate of drug-likeness (QED) is 0.638. The predicted molar refractivity (Wildman–Crippen MR) is 123 cm³/mol. The van der Waals surface area contributed by atoms with Crippen molar-refractivity contribution < 1.29 is 17.9 Å². The number of nitrogens with zero attached hydrogens (tertiary/aromatic N) is 1. The number of rotatable bonds is 7. The van der Waals surface area contributed by atoms with Crippen LogP contribution in [-0.2, 0) is 38.0 Å². The van der Waals surface area contributed by atoms with E-state index in [1.54, 1.807) is 0 Å². The van der Waals surface area contributed by atoms with Gasteiger partial charge in [-0.15, -0.1) is 11.3 Å². The highest BCUT2D eigenvalue weighted by atomic mass is 32.2. The maximum absolute atomic E-state index is 11.9. The molecule has 31 heavy (non-hydrogen) atoms. The van der Waals surface area contributed by atoms with Crippen LogP contribution in [0.2, 0.25) is 0 Å². The van der Waals surface area contributed by atoms with Gasteiger partial charge < -0.3 is 15.0 Å². The Hall–Kier alpha value is -1.00. The van der Waals surface area contributed by atoms with Crippen molar-refractivity contribution in [2.24, 2.45) is 5.92 Å². The fourth-order valence-corrected chi connectivity index (χ4v) is 7.15. The number of fused-ring (bicyclic) bond motifs is 2. The molecule has 0 unspecified atom stereocenters. The van der Waals surface area contributed by atoms with Gasteiger partial charge in [0.2, 0.25) is 15.9 Å². The zero-order chi connectivity index (χ0) is 22.2. The summed E-state index contributed by atoms with van der Waals surface area (Å²) in [6.07, 6.45) is 6.06. The molecular formula is C22H35N3O4S2. The number of thiophene rings is 1. The molecule has 3 heterocycles. The molecule has 7 nitrogen and oxygen atoms in total. The number of likely N-dealkylation sites (tertiary alicyclic amines) is 1. The summed E-state index contributed by atoms with van der Waals surface area (Å²) < 4.78 is 31.6. The SMILES string of the molecule is CCc1cc2c(s1)CCO[C@@]21CCN(CC2CC(NC(=O)CS(=O)(=O)NC)C2)[C@@H](C)C1. The monoisotopic (exact) mass is 469 g/mol. The molecule has 2 aliphatic heterocycles. The first kappa shape index (κ1) is 23.2. The van der Waals surface area contributed by atoms with Gasteiger partial charge in [-0.05, 0) is 63.6 Å². The number of hydrogen-bond donors (Lipinski definition) is 2. The number of aryl methyl sites for hydroxylation is 1. The summed E-state index contributed by atoms with van der Waals surface area (Å²) in [4.78, 5) is 17.5. The van der Waals surface area contributed by atoms with Gasteiger partial charge in [-0.2, -0.15) is 0 Å². The molecular weight excluding hydrogens is 434 g/mol. The van der Waals surface area contributed by atoms with Crippen molar-refractivity contribution in [2.45, 2.75) is 70.1 Å². The van der Waals surface area contributed by atoms with E-state index in [0.29, 0.717) is 12.0 Å². The molecule has 174 valence electrons. The average Bonchev–Trinajstić information content (AvgIpc) is 3.13. The summed E-state index contributed by atoms with van der Waals surface area (Å²) in [6, 6.07) is 2.95. The second kappa shape index (κ2) is 9.09. The highest BCUT2D eigenvalue weighted by Crippen LogP contribution is 2.46. The van der Waals surface area contributed by atoms with Gasteiger partial charge in [-0.1, -0.05) is 6.92 Å². The van der Waals surface area contributed by atoms with E-state index in [0.717, 1.165) is 58.2 Å². The highest BCUT2D eigenvalue weighted by Gasteiger charge is 2.45. The third kappa shape index (κ3) is 5.00. The lowest BCUT2D eigenvalue weighted by molar-refractivity contribution is -0.121. The number of carbonyl (C=O) groups is 1. The Labute approximate surface area is 190 Å². The van der Waals surface area contributed by atoms with Crippen LogP contribution in [0.25, 0.3) is 0 Å². The minimum Gasteiger partial charge on any atom is -0.370 e. The van der Waals surface area contributed by atoms with Crippen molar-refractivity contribution in [3.8, 4) is 0 Å². The van der Waals surface area contributed by atoms with Crippen molar-refractivity contribution in [1.29, 1.82) is 0 Å². The second-order valence-corrected chi connectivity index (χ2v) is 12.5. The maximum atomic E-state index is 11.9. The highest BCUT2D eigenvalue weighted by molar-refractivity contribution is 7.90. The van der Waals surface area contributed by atoms with Gasteiger partial charge in [-0.25, -0.2) is 13.1 Å². The summed E-state index contributed by atoms with van der Waals surface area (Å²) in [7, 11) is -2.18. The first-order chi connectivity index (χ1) is 14.7. The van der Waals surface area contributed by atoms with E-state index in [1.165, 1.54) is 22.4 Å². The lowest BCUT2D eigenvalue weighted by Gasteiger charge is -2.49. The van der Waals surface area contributed by atoms with Crippen LogP contribution < -0.4 is 10.0 Å². The lowest BCUT2D eigenvalue weighted by atomic mass is 9.76. The topological polar surface area (TPSA) is 87.7 Å². The number of amides is 1. The summed E-state index contributed by atoms with van der Waals surface area (Å²) in [5.74, 6) is -0.364. The molecule has 1 saturated carbocycles. The number of piperidine rings is 1. The maximum Gasteiger partial charge on any atom is 0.236 e. The van der Waals surface area contributed by atoms with E-state index < -0.39 is 21.7 Å². The van der Waals surface area contributed by atoms with E-state index in [9.17, 15) is 13.2 Å². The Bertz CT molecular complexity index is 910. The molecule has 1 saturated heterocycles. The van der Waals surface area contributed by atoms with Crippen LogP contribution in [0, 0.1) is 5.92 Å². The van der Waals surface area contributed by atoms with Gasteiger partial charge in [0.25, 0.3) is 0 Å². The van der Waals surface area contributed by atoms with Crippen LogP contribution in [0.3, 0.4) is 0 Å². The van der Waals surface area contributed by atoms with Gasteiger partial charge >= 0.3 is 0 Å². The van der Waals surface area contributed by atoms with Crippen LogP contribution in [0.15, 0.2) is 6.07 Å². The third-order valence-corrected chi connectivity index (χ3v) is 9.79. The molecule has 0 aromatic carbocycles. The molecule has 1 aromatic rings. The minimum absolute atomic E-state index is 0.0958. The normalized spacial score (nSPS) is 31.3. The summed E-state index contributed by atoms with van der Waals surface area (Å²) in [5.41, 5.74) is 1.34. The Morgan fingerprint density at radius 2 is 2.16 bits per heavy atom. The largest absolute Gasteiger partial charge is 0.370 e. The molecule has 9 heteroatoms. The molecule has 2 N–H and O–H groups in total. The summed E-state index contributed by atoms with van der Waals surface area (Å²) in [5, 5.41) is 2.86. The van der Waals surface area contributed by atoms with Crippen LogP contribution in [0.5, 0.6) is 0 Å². The third-order valence-electron chi connectivity index (χ3n) is 7.18. The number of sulfonamides is 1. The molecule has 1 aromatic heterocycles. The summed E-state index contributed by atoms with van der Waals surface area (Å²) in [6.45, 7) is 7.44. The summed E-state index contributed by atoms with van der Waals surface area (Å²) >= 11 is 1.97. The molecule has 1 spiro atoms. The Morgan fingerprint density at radius 1 is 1.39 bits per heavy atom. The number of ether oxygens (including phenoxy) is 1. The smallest absolute Gasteiger partial charge is 0.236 e. The van der Waals surface area contributed by atoms with E-state index in [2.05, 4.69) is 34.9 Å². The number of nitrogens with one attached hydrogen (secondary N) is 2. The standard InChI is InChI=1S/C22H35N3O4S2/c1-4-18-11-19-20(30-18)5-8-29-22(19)6-7-25(15(2)12-22)13-16-9-17(10-16)24-21(26)14-31(27,28)23-3/h11,15-17,23H,4-10,12-14H2,1-3H3,(H,24,26)/t15-,16?,17?,22+/m0/s1. The zero-order valence-electron chi connectivity index (χ0n) is 18.8. The fraction of sp³-hybridized carbons (Fsp3) is 0.773. The Kier molecular flexibility index (Phi) is 6.80. The average molecular weight is 470 g/mol. The van der Waals surface area contributed by atoms with E-state index in [-0.39, 0.29) is 11.6 Å². The molecule has 4 rings (SSSR count). The molecule has 3 aliphatic rings. The zero-order valence-corrected chi connectivity index (χ0v) is 20.4. The molecule has 1 aliphatic carbocycles. The van der Waals surface area contributed by atoms with Crippen LogP contribution >= 0.6 is 11.3 Å². The van der Waals surface area contributed by atoms with Gasteiger partial charge in [0.1, 0.15) is 5.75 Å². The second-order valence-electron chi connectivity index (χ2n) is 9.36. The van der Waals surface area contributed by atoms with Crippen molar-refractivity contribution in [3.63, 3.8) is 0 Å². The van der Waals surface area contributed by atoms with Crippen LogP contribution in [-0.4, -0.2) is 63.8 Å². The first-order valence-corrected chi connectivity index (χ1v) is 13.9. The lowest BCUT2D eigenvalue weighted by Crippen LogP contribution is -2.54. The van der Waals surface area contributed by atoms with E-state index in [4.69, 9.17) is 4.74 Å². The molecule has 2 fully saturated rings. The first-order valence-electron chi connectivity index (χ1n) is 11.4. The molecule has 0 radical (unpaired) electrons. The van der Waals surface area contributed by atoms with Crippen molar-refractivity contribution in [1.82, 2.24) is 14.9 Å². The van der Waals surface area contributed by atoms with Gasteiger partial charge in [-0.3, -0.25) is 4.79 Å². The number of hydrogen-bond acceptors (Lipinski definition) is 6. The van der Waals surface area contributed by atoms with E-state index in [1.807, 2.05) is 11.3 Å². The van der Waals surface area contributed by atoms with Crippen molar-refractivity contribution in [2.75, 3.05) is 32.5 Å². The minimum atomic E-state index is -3.51. The molecule has 2 atom stereocenters. The fourth-order valence-electron chi connectivity index (χ4n) is 5.39. The van der Waals surface area contributed by atoms with E-state index >= 15 is 0 Å². The van der Waals surface area contributed by atoms with Gasteiger partial charge in [0, 0.05) is 41.3 Å². The van der Waals surface area contributed by atoms with Crippen molar-refractivity contribution >= 4 is 27.3 Å². The van der Waals surface area contributed by atoms with Crippen molar-refractivity contribution in [3.05, 3.63) is 21.4 Å². The Balaban J connectivity index is 1.27. The van der Waals surface area contributed by atoms with Crippen LogP contribution in [0.1, 0.15) is 54.8 Å².